The number of allylic oxidation sites excluding steroid dienone is 2. The standard InChI is InChI=1S/C12H10N2O2/c15-11-7-5-1-2-6(3-5)8(7)12(16)10-9(11)13-4-14-10/h1-2,4-8H,3H2,(H,13,14). The highest BCUT2D eigenvalue weighted by Gasteiger charge is 2.55. The van der Waals surface area contributed by atoms with Crippen LogP contribution in [0.4, 0.5) is 0 Å². The summed E-state index contributed by atoms with van der Waals surface area (Å²) in [6.45, 7) is 0. The Bertz CT molecular complexity index is 498. The van der Waals surface area contributed by atoms with Gasteiger partial charge in [0.1, 0.15) is 11.4 Å². The summed E-state index contributed by atoms with van der Waals surface area (Å²) >= 11 is 0. The van der Waals surface area contributed by atoms with Gasteiger partial charge in [-0.1, -0.05) is 12.2 Å². The highest BCUT2D eigenvalue weighted by atomic mass is 16.1. The third-order valence-electron chi connectivity index (χ3n) is 4.18. The van der Waals surface area contributed by atoms with Crippen molar-refractivity contribution in [3.63, 3.8) is 0 Å². The molecule has 1 fully saturated rings. The third kappa shape index (κ3) is 0.764. The number of H-pyrrole nitrogens is 1. The highest BCUT2D eigenvalue weighted by Crippen LogP contribution is 2.52. The molecule has 80 valence electrons. The first kappa shape index (κ1) is 8.44. The molecular formula is C12H10N2O2. The summed E-state index contributed by atoms with van der Waals surface area (Å²) in [6, 6.07) is 0. The van der Waals surface area contributed by atoms with E-state index in [-0.39, 0.29) is 35.2 Å². The van der Waals surface area contributed by atoms with E-state index in [0.29, 0.717) is 11.4 Å². The number of carbonyl (C=O) groups is 2. The average Bonchev–Trinajstić information content (AvgIpc) is 2.98. The van der Waals surface area contributed by atoms with Crippen LogP contribution in [0.15, 0.2) is 18.5 Å². The lowest BCUT2D eigenvalue weighted by atomic mass is 9.72. The smallest absolute Gasteiger partial charge is 0.187 e. The molecule has 1 aromatic heterocycles. The van der Waals surface area contributed by atoms with Crippen molar-refractivity contribution in [1.82, 2.24) is 9.97 Å². The van der Waals surface area contributed by atoms with E-state index in [0.717, 1.165) is 6.42 Å². The second-order valence-electron chi connectivity index (χ2n) is 4.85. The molecule has 0 radical (unpaired) electrons. The second-order valence-corrected chi connectivity index (χ2v) is 4.85. The number of imidazole rings is 1. The number of fused-ring (bicyclic) bond motifs is 6. The molecule has 0 amide bonds. The zero-order chi connectivity index (χ0) is 10.9. The maximum Gasteiger partial charge on any atom is 0.187 e. The Morgan fingerprint density at radius 2 is 1.81 bits per heavy atom. The molecule has 4 atom stereocenters. The molecule has 1 aromatic rings. The molecule has 0 saturated heterocycles. The maximum absolute atomic E-state index is 12.2. The number of carbonyl (C=O) groups excluding carboxylic acids is 2. The largest absolute Gasteiger partial charge is 0.342 e. The van der Waals surface area contributed by atoms with Crippen LogP contribution in [0.2, 0.25) is 0 Å². The van der Waals surface area contributed by atoms with Crippen molar-refractivity contribution < 1.29 is 9.59 Å². The van der Waals surface area contributed by atoms with Crippen molar-refractivity contribution in [3.05, 3.63) is 29.9 Å². The van der Waals surface area contributed by atoms with Gasteiger partial charge < -0.3 is 4.98 Å². The Balaban J connectivity index is 1.94. The summed E-state index contributed by atoms with van der Waals surface area (Å²) < 4.78 is 0. The average molecular weight is 214 g/mol. The molecular weight excluding hydrogens is 204 g/mol. The summed E-state index contributed by atoms with van der Waals surface area (Å²) in [6.07, 6.45) is 6.58. The van der Waals surface area contributed by atoms with Gasteiger partial charge in [-0.2, -0.15) is 0 Å². The van der Waals surface area contributed by atoms with Gasteiger partial charge in [0.05, 0.1) is 6.33 Å². The Morgan fingerprint density at radius 3 is 2.56 bits per heavy atom. The molecule has 3 aliphatic carbocycles. The van der Waals surface area contributed by atoms with Gasteiger partial charge in [0.15, 0.2) is 11.6 Å². The number of aromatic amines is 1. The predicted molar refractivity (Wildman–Crippen MR) is 55.0 cm³/mol. The third-order valence-corrected chi connectivity index (χ3v) is 4.18. The lowest BCUT2D eigenvalue weighted by Gasteiger charge is -2.28. The van der Waals surface area contributed by atoms with Crippen molar-refractivity contribution >= 4 is 11.6 Å². The van der Waals surface area contributed by atoms with E-state index in [1.54, 1.807) is 0 Å². The van der Waals surface area contributed by atoms with Crippen molar-refractivity contribution in [1.29, 1.82) is 0 Å². The minimum atomic E-state index is -0.140. The van der Waals surface area contributed by atoms with E-state index in [2.05, 4.69) is 22.1 Å². The number of aromatic nitrogens is 2. The van der Waals surface area contributed by atoms with Gasteiger partial charge >= 0.3 is 0 Å². The van der Waals surface area contributed by atoms with Crippen LogP contribution in [0.5, 0.6) is 0 Å². The monoisotopic (exact) mass is 214 g/mol. The molecule has 2 bridgehead atoms. The molecule has 1 N–H and O–H groups in total. The molecule has 1 heterocycles. The molecule has 16 heavy (non-hydrogen) atoms. The van der Waals surface area contributed by atoms with Crippen LogP contribution in [0.1, 0.15) is 27.4 Å². The topological polar surface area (TPSA) is 62.8 Å². The zero-order valence-corrected chi connectivity index (χ0v) is 8.51. The highest BCUT2D eigenvalue weighted by molar-refractivity contribution is 6.14. The van der Waals surface area contributed by atoms with E-state index in [1.807, 2.05) is 0 Å². The summed E-state index contributed by atoms with van der Waals surface area (Å²) in [7, 11) is 0. The SMILES string of the molecule is O=C1c2nc[nH]c2C(=O)C2C3C=CC(C3)C12. The lowest BCUT2D eigenvalue weighted by molar-refractivity contribution is 0.0714. The number of hydrogen-bond acceptors (Lipinski definition) is 3. The fourth-order valence-corrected chi connectivity index (χ4v) is 3.53. The first-order valence-corrected chi connectivity index (χ1v) is 5.57. The van der Waals surface area contributed by atoms with Crippen LogP contribution in [0.25, 0.3) is 0 Å². The number of nitrogens with one attached hydrogen (secondary N) is 1. The minimum absolute atomic E-state index is 0.0534. The summed E-state index contributed by atoms with van der Waals surface area (Å²) in [4.78, 5) is 31.2. The second kappa shape index (κ2) is 2.51. The zero-order valence-electron chi connectivity index (χ0n) is 8.51. The van der Waals surface area contributed by atoms with Crippen molar-refractivity contribution in [2.45, 2.75) is 6.42 Å². The van der Waals surface area contributed by atoms with Crippen LogP contribution in [-0.2, 0) is 0 Å². The Hall–Kier alpha value is -1.71. The van der Waals surface area contributed by atoms with Crippen LogP contribution in [0, 0.1) is 23.7 Å². The van der Waals surface area contributed by atoms with Gasteiger partial charge in [-0.05, 0) is 18.3 Å². The first-order chi connectivity index (χ1) is 7.77. The lowest BCUT2D eigenvalue weighted by Crippen LogP contribution is -2.39. The van der Waals surface area contributed by atoms with Crippen LogP contribution >= 0.6 is 0 Å². The number of Topliss-reactive ketones (excluding diaryl/α,β-unsaturated/α-hetero) is 2. The van der Waals surface area contributed by atoms with Crippen molar-refractivity contribution in [3.8, 4) is 0 Å². The van der Waals surface area contributed by atoms with E-state index < -0.39 is 0 Å². The minimum Gasteiger partial charge on any atom is -0.342 e. The summed E-state index contributed by atoms with van der Waals surface area (Å²) in [5.74, 6) is 0.389. The molecule has 4 nitrogen and oxygen atoms in total. The molecule has 0 spiro atoms. The Kier molecular flexibility index (Phi) is 1.32. The quantitative estimate of drug-likeness (QED) is 0.660. The van der Waals surface area contributed by atoms with Gasteiger partial charge in [-0.3, -0.25) is 9.59 Å². The molecule has 4 unspecified atom stereocenters. The van der Waals surface area contributed by atoms with E-state index >= 15 is 0 Å². The summed E-state index contributed by atoms with van der Waals surface area (Å²) in [5, 5.41) is 0. The molecule has 0 aromatic carbocycles. The van der Waals surface area contributed by atoms with E-state index in [9.17, 15) is 9.59 Å². The number of hydrogen-bond donors (Lipinski definition) is 1. The van der Waals surface area contributed by atoms with Gasteiger partial charge in [0, 0.05) is 11.8 Å². The van der Waals surface area contributed by atoms with Gasteiger partial charge in [-0.15, -0.1) is 0 Å². The van der Waals surface area contributed by atoms with Crippen molar-refractivity contribution in [2.75, 3.05) is 0 Å². The van der Waals surface area contributed by atoms with Gasteiger partial charge in [0.25, 0.3) is 0 Å². The molecule has 3 aliphatic rings. The van der Waals surface area contributed by atoms with E-state index in [4.69, 9.17) is 0 Å². The molecule has 4 rings (SSSR count). The first-order valence-electron chi connectivity index (χ1n) is 5.57. The predicted octanol–water partition coefficient (Wildman–Crippen LogP) is 1.23. The number of rotatable bonds is 0. The fraction of sp³-hybridized carbons (Fsp3) is 0.417. The Morgan fingerprint density at radius 1 is 1.12 bits per heavy atom. The van der Waals surface area contributed by atoms with Crippen LogP contribution in [-0.4, -0.2) is 21.5 Å². The number of nitrogens with zero attached hydrogens (tertiary/aromatic N) is 1. The van der Waals surface area contributed by atoms with Crippen LogP contribution in [0.3, 0.4) is 0 Å². The summed E-state index contributed by atoms with van der Waals surface area (Å²) in [5.41, 5.74) is 0.777. The maximum atomic E-state index is 12.2. The van der Waals surface area contributed by atoms with Gasteiger partial charge in [0.2, 0.25) is 0 Å². The molecule has 4 heteroatoms. The molecule has 1 saturated carbocycles. The Labute approximate surface area is 91.8 Å². The number of ketones is 2. The van der Waals surface area contributed by atoms with Crippen LogP contribution < -0.4 is 0 Å². The van der Waals surface area contributed by atoms with E-state index in [1.165, 1.54) is 6.33 Å². The normalized spacial score (nSPS) is 39.0. The fourth-order valence-electron chi connectivity index (χ4n) is 3.53. The molecule has 0 aliphatic heterocycles. The van der Waals surface area contributed by atoms with Crippen molar-refractivity contribution in [2.24, 2.45) is 23.7 Å². The van der Waals surface area contributed by atoms with Gasteiger partial charge in [-0.25, -0.2) is 4.98 Å².